The lowest BCUT2D eigenvalue weighted by atomic mass is 9.85. The Hall–Kier alpha value is -0.920. The molecule has 3 N–H and O–H groups in total. The summed E-state index contributed by atoms with van der Waals surface area (Å²) in [6.45, 7) is 2.39. The van der Waals surface area contributed by atoms with Crippen LogP contribution in [0.5, 0.6) is 0 Å². The number of carbonyl (C=O) groups is 1. The largest absolute Gasteiger partial charge is 0.352 e. The number of benzene rings is 1. The highest BCUT2D eigenvalue weighted by atomic mass is 79.9. The molecule has 0 radical (unpaired) electrons. The van der Waals surface area contributed by atoms with Gasteiger partial charge >= 0.3 is 0 Å². The fourth-order valence-corrected chi connectivity index (χ4v) is 3.26. The number of amides is 1. The Morgan fingerprint density at radius 1 is 1.45 bits per heavy atom. The highest BCUT2D eigenvalue weighted by molar-refractivity contribution is 9.10. The van der Waals surface area contributed by atoms with Crippen LogP contribution in [-0.4, -0.2) is 20.9 Å². The molecule has 0 aliphatic heterocycles. The molecule has 1 aromatic carbocycles. The lowest BCUT2D eigenvalue weighted by Gasteiger charge is -2.25. The van der Waals surface area contributed by atoms with Gasteiger partial charge in [0.05, 0.1) is 4.90 Å². The normalized spacial score (nSPS) is 15.8. The van der Waals surface area contributed by atoms with Crippen molar-refractivity contribution < 1.29 is 13.2 Å². The van der Waals surface area contributed by atoms with Crippen LogP contribution in [0.2, 0.25) is 0 Å². The number of sulfonamides is 1. The van der Waals surface area contributed by atoms with Gasteiger partial charge in [-0.2, -0.15) is 0 Å². The van der Waals surface area contributed by atoms with Crippen molar-refractivity contribution in [1.82, 2.24) is 5.32 Å². The Labute approximate surface area is 127 Å². The minimum absolute atomic E-state index is 0.0660. The smallest absolute Gasteiger partial charge is 0.251 e. The second kappa shape index (κ2) is 5.83. The van der Waals surface area contributed by atoms with Crippen LogP contribution in [0.15, 0.2) is 21.5 Å². The molecule has 1 saturated carbocycles. The molecule has 20 heavy (non-hydrogen) atoms. The number of primary sulfonamides is 1. The SMILES string of the molecule is Cc1c(Br)cc(S(N)(=O)=O)cc1C(=O)NCC1CCC1. The minimum Gasteiger partial charge on any atom is -0.352 e. The van der Waals surface area contributed by atoms with Gasteiger partial charge in [0, 0.05) is 16.6 Å². The molecule has 0 spiro atoms. The van der Waals surface area contributed by atoms with E-state index in [1.807, 2.05) is 0 Å². The standard InChI is InChI=1S/C13H17BrN2O3S/c1-8-11(13(17)16-7-9-3-2-4-9)5-10(6-12(8)14)20(15,18)19/h5-6,9H,2-4,7H2,1H3,(H,16,17)(H2,15,18,19). The van der Waals surface area contributed by atoms with Crippen LogP contribution in [0.3, 0.4) is 0 Å². The van der Waals surface area contributed by atoms with Crippen molar-refractivity contribution in [3.8, 4) is 0 Å². The van der Waals surface area contributed by atoms with E-state index < -0.39 is 10.0 Å². The lowest BCUT2D eigenvalue weighted by Crippen LogP contribution is -2.32. The number of nitrogens with two attached hydrogens (primary N) is 1. The third-order valence-electron chi connectivity index (χ3n) is 3.67. The predicted molar refractivity (Wildman–Crippen MR) is 79.9 cm³/mol. The molecule has 7 heteroatoms. The number of nitrogens with one attached hydrogen (secondary N) is 1. The van der Waals surface area contributed by atoms with Gasteiger partial charge in [0.2, 0.25) is 10.0 Å². The van der Waals surface area contributed by atoms with Crippen molar-refractivity contribution in [2.75, 3.05) is 6.54 Å². The van der Waals surface area contributed by atoms with E-state index in [9.17, 15) is 13.2 Å². The van der Waals surface area contributed by atoms with E-state index in [1.165, 1.54) is 18.6 Å². The van der Waals surface area contributed by atoms with Crippen molar-refractivity contribution in [3.05, 3.63) is 27.7 Å². The summed E-state index contributed by atoms with van der Waals surface area (Å²) in [5, 5.41) is 7.97. The molecule has 1 aliphatic carbocycles. The number of halogens is 1. The average molecular weight is 361 g/mol. The first-order chi connectivity index (χ1) is 9.29. The van der Waals surface area contributed by atoms with Gasteiger partial charge in [-0.15, -0.1) is 0 Å². The van der Waals surface area contributed by atoms with Crippen LogP contribution in [0, 0.1) is 12.8 Å². The van der Waals surface area contributed by atoms with E-state index in [4.69, 9.17) is 5.14 Å². The van der Waals surface area contributed by atoms with Gasteiger partial charge in [0.25, 0.3) is 5.91 Å². The lowest BCUT2D eigenvalue weighted by molar-refractivity contribution is 0.0938. The topological polar surface area (TPSA) is 89.3 Å². The van der Waals surface area contributed by atoms with Gasteiger partial charge in [0.1, 0.15) is 0 Å². The first-order valence-corrected chi connectivity index (χ1v) is 8.74. The maximum absolute atomic E-state index is 12.2. The Balaban J connectivity index is 2.24. The second-order valence-corrected chi connectivity index (χ2v) is 7.55. The molecule has 5 nitrogen and oxygen atoms in total. The zero-order valence-corrected chi connectivity index (χ0v) is 13.6. The van der Waals surface area contributed by atoms with Crippen molar-refractivity contribution in [2.24, 2.45) is 11.1 Å². The van der Waals surface area contributed by atoms with Gasteiger partial charge in [-0.05, 0) is 43.4 Å². The van der Waals surface area contributed by atoms with Crippen LogP contribution >= 0.6 is 15.9 Å². The molecule has 0 unspecified atom stereocenters. The zero-order valence-electron chi connectivity index (χ0n) is 11.1. The summed E-state index contributed by atoms with van der Waals surface area (Å²) in [6.07, 6.45) is 3.49. The Kier molecular flexibility index (Phi) is 4.51. The Morgan fingerprint density at radius 2 is 2.10 bits per heavy atom. The molecule has 0 saturated heterocycles. The van der Waals surface area contributed by atoms with E-state index in [0.29, 0.717) is 28.1 Å². The van der Waals surface area contributed by atoms with Gasteiger partial charge in [-0.25, -0.2) is 13.6 Å². The van der Waals surface area contributed by atoms with E-state index in [0.717, 1.165) is 12.8 Å². The molecular weight excluding hydrogens is 344 g/mol. The van der Waals surface area contributed by atoms with Gasteiger partial charge in [0.15, 0.2) is 0 Å². The molecule has 1 aliphatic rings. The first-order valence-electron chi connectivity index (χ1n) is 6.40. The Morgan fingerprint density at radius 3 is 2.60 bits per heavy atom. The molecule has 0 aromatic heterocycles. The summed E-state index contributed by atoms with van der Waals surface area (Å²) in [5.74, 6) is 0.282. The van der Waals surface area contributed by atoms with E-state index in [1.54, 1.807) is 6.92 Å². The van der Waals surface area contributed by atoms with Gasteiger partial charge < -0.3 is 5.32 Å². The van der Waals surface area contributed by atoms with Crippen molar-refractivity contribution in [2.45, 2.75) is 31.1 Å². The summed E-state index contributed by atoms with van der Waals surface area (Å²) in [6, 6.07) is 2.74. The molecule has 1 amide bonds. The molecule has 0 bridgehead atoms. The Bertz CT molecular complexity index is 639. The average Bonchev–Trinajstić information content (AvgIpc) is 2.28. The highest BCUT2D eigenvalue weighted by Gasteiger charge is 2.21. The molecule has 0 heterocycles. The third kappa shape index (κ3) is 3.39. The monoisotopic (exact) mass is 360 g/mol. The van der Waals surface area contributed by atoms with E-state index in [-0.39, 0.29) is 10.8 Å². The number of hydrogen-bond acceptors (Lipinski definition) is 3. The highest BCUT2D eigenvalue weighted by Crippen LogP contribution is 2.26. The third-order valence-corrected chi connectivity index (χ3v) is 5.38. The molecule has 2 rings (SSSR count). The molecule has 110 valence electrons. The minimum atomic E-state index is -3.83. The number of rotatable bonds is 4. The van der Waals surface area contributed by atoms with Crippen molar-refractivity contribution >= 4 is 31.9 Å². The molecule has 1 fully saturated rings. The predicted octanol–water partition coefficient (Wildman–Crippen LogP) is 1.93. The van der Waals surface area contributed by atoms with E-state index >= 15 is 0 Å². The fraction of sp³-hybridized carbons (Fsp3) is 0.462. The van der Waals surface area contributed by atoms with Gasteiger partial charge in [-0.3, -0.25) is 4.79 Å². The molecular formula is C13H17BrN2O3S. The summed E-state index contributed by atoms with van der Waals surface area (Å²) < 4.78 is 23.4. The summed E-state index contributed by atoms with van der Waals surface area (Å²) in [4.78, 5) is 12.1. The van der Waals surface area contributed by atoms with Crippen LogP contribution in [-0.2, 0) is 10.0 Å². The molecule has 1 aromatic rings. The van der Waals surface area contributed by atoms with Crippen LogP contribution < -0.4 is 10.5 Å². The van der Waals surface area contributed by atoms with Crippen LogP contribution in [0.4, 0.5) is 0 Å². The summed E-state index contributed by atoms with van der Waals surface area (Å²) in [5.41, 5.74) is 1.03. The first kappa shape index (κ1) is 15.5. The quantitative estimate of drug-likeness (QED) is 0.859. The molecule has 0 atom stereocenters. The zero-order chi connectivity index (χ0) is 14.9. The maximum Gasteiger partial charge on any atom is 0.251 e. The van der Waals surface area contributed by atoms with E-state index in [2.05, 4.69) is 21.2 Å². The number of carbonyl (C=O) groups excluding carboxylic acids is 1. The van der Waals surface area contributed by atoms with Crippen molar-refractivity contribution in [3.63, 3.8) is 0 Å². The van der Waals surface area contributed by atoms with Gasteiger partial charge in [-0.1, -0.05) is 22.4 Å². The maximum atomic E-state index is 12.2. The summed E-state index contributed by atoms with van der Waals surface area (Å²) >= 11 is 3.26. The van der Waals surface area contributed by atoms with Crippen LogP contribution in [0.25, 0.3) is 0 Å². The second-order valence-electron chi connectivity index (χ2n) is 5.13. The fourth-order valence-electron chi connectivity index (χ4n) is 2.08. The summed E-state index contributed by atoms with van der Waals surface area (Å²) in [7, 11) is -3.83. The van der Waals surface area contributed by atoms with Crippen LogP contribution in [0.1, 0.15) is 35.2 Å². The number of hydrogen-bond donors (Lipinski definition) is 2. The van der Waals surface area contributed by atoms with Crippen molar-refractivity contribution in [1.29, 1.82) is 0 Å².